The first-order valence-corrected chi connectivity index (χ1v) is 8.19. The highest BCUT2D eigenvalue weighted by Crippen LogP contribution is 2.32. The molecular formula is C11H14Br2ClNOS. The summed E-state index contributed by atoms with van der Waals surface area (Å²) in [5.41, 5.74) is 0. The molecule has 1 rings (SSSR count). The summed E-state index contributed by atoms with van der Waals surface area (Å²) >= 11 is 14.0. The van der Waals surface area contributed by atoms with Gasteiger partial charge in [0.05, 0.1) is 8.66 Å². The second kappa shape index (κ2) is 7.12. The van der Waals surface area contributed by atoms with Gasteiger partial charge in [0.2, 0.25) is 0 Å². The molecule has 0 saturated heterocycles. The van der Waals surface area contributed by atoms with Crippen LogP contribution in [0.25, 0.3) is 0 Å². The molecule has 1 amide bonds. The van der Waals surface area contributed by atoms with E-state index in [-0.39, 0.29) is 11.9 Å². The lowest BCUT2D eigenvalue weighted by atomic mass is 10.1. The Morgan fingerprint density at radius 1 is 1.53 bits per heavy atom. The van der Waals surface area contributed by atoms with E-state index in [0.717, 1.165) is 14.7 Å². The van der Waals surface area contributed by atoms with E-state index in [9.17, 15) is 4.79 Å². The Bertz CT molecular complexity index is 375. The highest BCUT2D eigenvalue weighted by Gasteiger charge is 2.17. The summed E-state index contributed by atoms with van der Waals surface area (Å²) in [4.78, 5) is 12.6. The first kappa shape index (κ1) is 15.5. The predicted octanol–water partition coefficient (Wildman–Crippen LogP) is 4.66. The Labute approximate surface area is 127 Å². The van der Waals surface area contributed by atoms with Crippen LogP contribution in [0, 0.1) is 5.92 Å². The maximum absolute atomic E-state index is 12.0. The van der Waals surface area contributed by atoms with Crippen molar-refractivity contribution in [3.63, 3.8) is 0 Å². The van der Waals surface area contributed by atoms with Gasteiger partial charge in [-0.05, 0) is 50.3 Å². The minimum atomic E-state index is -0.0623. The van der Waals surface area contributed by atoms with Gasteiger partial charge in [0.15, 0.2) is 0 Å². The van der Waals surface area contributed by atoms with E-state index >= 15 is 0 Å². The van der Waals surface area contributed by atoms with Crippen molar-refractivity contribution in [3.8, 4) is 0 Å². The summed E-state index contributed by atoms with van der Waals surface area (Å²) in [6.07, 6.45) is 0.892. The first-order valence-electron chi connectivity index (χ1n) is 5.25. The lowest BCUT2D eigenvalue weighted by Gasteiger charge is -2.17. The number of alkyl halides is 1. The standard InChI is InChI=1S/C11H14Br2ClNOS/c1-6(2)3-7(5-14)15-11(16)9-4-8(12)10(13)17-9/h4,6-7H,3,5H2,1-2H3,(H,15,16). The predicted molar refractivity (Wildman–Crippen MR) is 81.1 cm³/mol. The Hall–Kier alpha value is 0.420. The minimum Gasteiger partial charge on any atom is -0.347 e. The fourth-order valence-electron chi connectivity index (χ4n) is 1.44. The SMILES string of the molecule is CC(C)CC(CCl)NC(=O)c1cc(Br)c(Br)s1. The number of hydrogen-bond acceptors (Lipinski definition) is 2. The summed E-state index contributed by atoms with van der Waals surface area (Å²) in [5, 5.41) is 2.95. The molecule has 96 valence electrons. The molecular weight excluding hydrogens is 389 g/mol. The third-order valence-corrected chi connectivity index (χ3v) is 5.77. The molecule has 1 N–H and O–H groups in total. The van der Waals surface area contributed by atoms with E-state index < -0.39 is 0 Å². The number of carbonyl (C=O) groups excluding carboxylic acids is 1. The molecule has 6 heteroatoms. The van der Waals surface area contributed by atoms with Crippen molar-refractivity contribution in [2.24, 2.45) is 5.92 Å². The van der Waals surface area contributed by atoms with Crippen molar-refractivity contribution in [2.75, 3.05) is 5.88 Å². The molecule has 1 heterocycles. The van der Waals surface area contributed by atoms with Gasteiger partial charge in [-0.25, -0.2) is 0 Å². The molecule has 0 spiro atoms. The van der Waals surface area contributed by atoms with Crippen LogP contribution in [0.3, 0.4) is 0 Å². The molecule has 1 aromatic rings. The second-order valence-corrected chi connectivity index (χ2v) is 7.72. The quantitative estimate of drug-likeness (QED) is 0.712. The van der Waals surface area contributed by atoms with Gasteiger partial charge in [-0.3, -0.25) is 4.79 Å². The molecule has 0 aliphatic heterocycles. The zero-order valence-electron chi connectivity index (χ0n) is 9.60. The maximum atomic E-state index is 12.0. The Kier molecular flexibility index (Phi) is 6.48. The van der Waals surface area contributed by atoms with Crippen LogP contribution in [0.2, 0.25) is 0 Å². The average molecular weight is 404 g/mol. The van der Waals surface area contributed by atoms with E-state index in [4.69, 9.17) is 11.6 Å². The number of rotatable bonds is 5. The monoisotopic (exact) mass is 401 g/mol. The summed E-state index contributed by atoms with van der Waals surface area (Å²) in [7, 11) is 0. The van der Waals surface area contributed by atoms with E-state index in [1.54, 1.807) is 0 Å². The van der Waals surface area contributed by atoms with Gasteiger partial charge >= 0.3 is 0 Å². The van der Waals surface area contributed by atoms with Crippen LogP contribution in [-0.2, 0) is 0 Å². The molecule has 0 aliphatic rings. The fourth-order valence-corrected chi connectivity index (χ4v) is 3.59. The Balaban J connectivity index is 2.64. The van der Waals surface area contributed by atoms with Crippen LogP contribution in [-0.4, -0.2) is 17.8 Å². The van der Waals surface area contributed by atoms with Gasteiger partial charge in [0.1, 0.15) is 0 Å². The summed E-state index contributed by atoms with van der Waals surface area (Å²) < 4.78 is 1.83. The number of amides is 1. The summed E-state index contributed by atoms with van der Waals surface area (Å²) in [6.45, 7) is 4.23. The average Bonchev–Trinajstić information content (AvgIpc) is 2.57. The molecule has 0 radical (unpaired) electrons. The largest absolute Gasteiger partial charge is 0.347 e. The molecule has 1 unspecified atom stereocenters. The zero-order chi connectivity index (χ0) is 13.0. The molecule has 17 heavy (non-hydrogen) atoms. The highest BCUT2D eigenvalue weighted by atomic mass is 79.9. The summed E-state index contributed by atoms with van der Waals surface area (Å²) in [5.74, 6) is 0.894. The number of hydrogen-bond donors (Lipinski definition) is 1. The second-order valence-electron chi connectivity index (χ2n) is 4.19. The molecule has 1 atom stereocenters. The minimum absolute atomic E-state index is 0.0313. The van der Waals surface area contributed by atoms with Crippen LogP contribution < -0.4 is 5.32 Å². The van der Waals surface area contributed by atoms with Gasteiger partial charge in [0.25, 0.3) is 5.91 Å². The van der Waals surface area contributed by atoms with E-state index in [2.05, 4.69) is 51.0 Å². The number of carbonyl (C=O) groups is 1. The molecule has 0 fully saturated rings. The van der Waals surface area contributed by atoms with Crippen molar-refractivity contribution in [1.29, 1.82) is 0 Å². The third-order valence-electron chi connectivity index (χ3n) is 2.15. The number of halogens is 3. The molecule has 0 bridgehead atoms. The normalized spacial score (nSPS) is 12.8. The smallest absolute Gasteiger partial charge is 0.261 e. The van der Waals surface area contributed by atoms with Crippen molar-refractivity contribution >= 4 is 60.7 Å². The van der Waals surface area contributed by atoms with Crippen molar-refractivity contribution < 1.29 is 4.79 Å². The Morgan fingerprint density at radius 2 is 2.18 bits per heavy atom. The molecule has 1 aromatic heterocycles. The van der Waals surface area contributed by atoms with Gasteiger partial charge in [-0.15, -0.1) is 22.9 Å². The van der Waals surface area contributed by atoms with Crippen LogP contribution >= 0.6 is 54.8 Å². The molecule has 2 nitrogen and oxygen atoms in total. The van der Waals surface area contributed by atoms with Gasteiger partial charge in [-0.2, -0.15) is 0 Å². The molecule has 0 aromatic carbocycles. The van der Waals surface area contributed by atoms with Crippen molar-refractivity contribution in [1.82, 2.24) is 5.32 Å². The first-order chi connectivity index (χ1) is 7.93. The molecule has 0 saturated carbocycles. The van der Waals surface area contributed by atoms with E-state index in [0.29, 0.717) is 16.7 Å². The van der Waals surface area contributed by atoms with Gasteiger partial charge in [0, 0.05) is 16.4 Å². The number of thiophene rings is 1. The maximum Gasteiger partial charge on any atom is 0.261 e. The molecule has 0 aliphatic carbocycles. The van der Waals surface area contributed by atoms with E-state index in [1.165, 1.54) is 11.3 Å². The Morgan fingerprint density at radius 3 is 2.59 bits per heavy atom. The lowest BCUT2D eigenvalue weighted by Crippen LogP contribution is -2.36. The van der Waals surface area contributed by atoms with Crippen LogP contribution in [0.15, 0.2) is 14.3 Å². The van der Waals surface area contributed by atoms with Crippen molar-refractivity contribution in [3.05, 3.63) is 19.2 Å². The number of nitrogens with one attached hydrogen (secondary N) is 1. The van der Waals surface area contributed by atoms with Crippen LogP contribution in [0.1, 0.15) is 29.9 Å². The van der Waals surface area contributed by atoms with Crippen molar-refractivity contribution in [2.45, 2.75) is 26.3 Å². The topological polar surface area (TPSA) is 29.1 Å². The van der Waals surface area contributed by atoms with Gasteiger partial charge in [-0.1, -0.05) is 13.8 Å². The summed E-state index contributed by atoms with van der Waals surface area (Å²) in [6, 6.07) is 1.84. The van der Waals surface area contributed by atoms with Crippen LogP contribution in [0.5, 0.6) is 0 Å². The third kappa shape index (κ3) is 4.89. The van der Waals surface area contributed by atoms with Gasteiger partial charge < -0.3 is 5.32 Å². The fraction of sp³-hybridized carbons (Fsp3) is 0.545. The van der Waals surface area contributed by atoms with Crippen LogP contribution in [0.4, 0.5) is 0 Å². The van der Waals surface area contributed by atoms with E-state index in [1.807, 2.05) is 6.07 Å². The lowest BCUT2D eigenvalue weighted by molar-refractivity contribution is 0.0941. The zero-order valence-corrected chi connectivity index (χ0v) is 14.3. The highest BCUT2D eigenvalue weighted by molar-refractivity contribution is 9.13.